The first-order valence-corrected chi connectivity index (χ1v) is 13.4. The summed E-state index contributed by atoms with van der Waals surface area (Å²) in [4.78, 5) is 4.90. The van der Waals surface area contributed by atoms with Crippen molar-refractivity contribution < 1.29 is 22.4 Å². The molecule has 0 saturated carbocycles. The van der Waals surface area contributed by atoms with Crippen LogP contribution in [0.2, 0.25) is 0 Å². The molecule has 0 unspecified atom stereocenters. The molecule has 35 heavy (non-hydrogen) atoms. The molecule has 1 atom stereocenters. The summed E-state index contributed by atoms with van der Waals surface area (Å²) in [5.74, 6) is 2.28. The van der Waals surface area contributed by atoms with E-state index in [1.807, 2.05) is 44.2 Å². The number of piperidine rings is 1. The topological polar surface area (TPSA) is 94.8 Å². The fourth-order valence-electron chi connectivity index (χ4n) is 4.21. The van der Waals surface area contributed by atoms with E-state index in [9.17, 15) is 8.42 Å². The lowest BCUT2D eigenvalue weighted by Gasteiger charge is -2.30. The van der Waals surface area contributed by atoms with Crippen LogP contribution in [-0.4, -0.2) is 49.2 Å². The highest BCUT2D eigenvalue weighted by Gasteiger charge is 2.33. The normalized spacial score (nSPS) is 17.2. The van der Waals surface area contributed by atoms with Crippen molar-refractivity contribution >= 4 is 10.0 Å². The van der Waals surface area contributed by atoms with Gasteiger partial charge in [0.05, 0.1) is 24.0 Å². The molecule has 188 valence electrons. The number of benzene rings is 2. The van der Waals surface area contributed by atoms with Gasteiger partial charge in [0, 0.05) is 18.7 Å². The molecule has 1 saturated heterocycles. The van der Waals surface area contributed by atoms with Gasteiger partial charge in [-0.2, -0.15) is 9.29 Å². The molecular formula is C26H33N3O5S. The van der Waals surface area contributed by atoms with Crippen LogP contribution < -0.4 is 9.47 Å². The van der Waals surface area contributed by atoms with Crippen molar-refractivity contribution in [3.05, 3.63) is 53.9 Å². The second-order valence-corrected chi connectivity index (χ2v) is 11.4. The maximum absolute atomic E-state index is 13.3. The lowest BCUT2D eigenvalue weighted by molar-refractivity contribution is 0.230. The number of rotatable bonds is 8. The number of nitrogens with zero attached hydrogens (tertiary/aromatic N) is 3. The standard InChI is InChI=1S/C26H33N3O5S/c1-17(2)19-8-11-22(12-9-19)35(30,31)29-14-6-7-21(16-29)26-27-25(28-34-26)20-10-13-23(33-18(3)4)24(15-20)32-5/h8-13,15,17-18,21H,6-7,14,16H2,1-5H3/t21-/m0/s1. The minimum absolute atomic E-state index is 0.0187. The van der Waals surface area contributed by atoms with Crippen molar-refractivity contribution in [3.8, 4) is 22.9 Å². The third-order valence-corrected chi connectivity index (χ3v) is 8.02. The van der Waals surface area contributed by atoms with Crippen molar-refractivity contribution in [2.75, 3.05) is 20.2 Å². The van der Waals surface area contributed by atoms with Crippen LogP contribution in [0.5, 0.6) is 11.5 Å². The molecule has 2 aromatic carbocycles. The summed E-state index contributed by atoms with van der Waals surface area (Å²) in [6.45, 7) is 8.85. The number of aromatic nitrogens is 2. The Morgan fingerprint density at radius 1 is 1.06 bits per heavy atom. The zero-order chi connectivity index (χ0) is 25.2. The van der Waals surface area contributed by atoms with E-state index >= 15 is 0 Å². The van der Waals surface area contributed by atoms with Gasteiger partial charge in [-0.05, 0) is 68.5 Å². The first-order chi connectivity index (χ1) is 16.7. The SMILES string of the molecule is COc1cc(-c2noc([C@H]3CCCN(S(=O)(=O)c4ccc(C(C)C)cc4)C3)n2)ccc1OC(C)C. The predicted molar refractivity (Wildman–Crippen MR) is 133 cm³/mol. The Hall–Kier alpha value is -2.91. The van der Waals surface area contributed by atoms with Gasteiger partial charge in [0.15, 0.2) is 11.5 Å². The van der Waals surface area contributed by atoms with Crippen molar-refractivity contribution in [1.29, 1.82) is 0 Å². The molecule has 2 heterocycles. The molecule has 9 heteroatoms. The minimum atomic E-state index is -3.60. The highest BCUT2D eigenvalue weighted by molar-refractivity contribution is 7.89. The van der Waals surface area contributed by atoms with Crippen molar-refractivity contribution in [2.24, 2.45) is 0 Å². The Morgan fingerprint density at radius 2 is 1.80 bits per heavy atom. The molecule has 1 aliphatic heterocycles. The van der Waals surface area contributed by atoms with Gasteiger partial charge in [-0.15, -0.1) is 0 Å². The summed E-state index contributed by atoms with van der Waals surface area (Å²) in [5, 5.41) is 4.15. The van der Waals surface area contributed by atoms with E-state index < -0.39 is 10.0 Å². The van der Waals surface area contributed by atoms with Crippen LogP contribution in [0.25, 0.3) is 11.4 Å². The van der Waals surface area contributed by atoms with Gasteiger partial charge in [0.2, 0.25) is 21.7 Å². The van der Waals surface area contributed by atoms with Crippen LogP contribution >= 0.6 is 0 Å². The quantitative estimate of drug-likeness (QED) is 0.419. The van der Waals surface area contributed by atoms with Crippen molar-refractivity contribution in [1.82, 2.24) is 14.4 Å². The molecule has 0 radical (unpaired) electrons. The first kappa shape index (κ1) is 25.2. The second-order valence-electron chi connectivity index (χ2n) is 9.41. The molecule has 0 bridgehead atoms. The fourth-order valence-corrected chi connectivity index (χ4v) is 5.74. The van der Waals surface area contributed by atoms with E-state index in [-0.39, 0.29) is 12.0 Å². The summed E-state index contributed by atoms with van der Waals surface area (Å²) < 4.78 is 44.9. The van der Waals surface area contributed by atoms with Gasteiger partial charge >= 0.3 is 0 Å². The van der Waals surface area contributed by atoms with Crippen LogP contribution in [0.4, 0.5) is 0 Å². The number of methoxy groups -OCH3 is 1. The average Bonchev–Trinajstić information content (AvgIpc) is 3.34. The lowest BCUT2D eigenvalue weighted by Crippen LogP contribution is -2.39. The van der Waals surface area contributed by atoms with Gasteiger partial charge < -0.3 is 14.0 Å². The highest BCUT2D eigenvalue weighted by Crippen LogP contribution is 2.34. The van der Waals surface area contributed by atoms with Crippen LogP contribution in [0.1, 0.15) is 63.8 Å². The van der Waals surface area contributed by atoms with Gasteiger partial charge in [0.1, 0.15) is 0 Å². The van der Waals surface area contributed by atoms with Gasteiger partial charge in [-0.3, -0.25) is 0 Å². The van der Waals surface area contributed by atoms with E-state index in [4.69, 9.17) is 14.0 Å². The summed E-state index contributed by atoms with van der Waals surface area (Å²) in [5.41, 5.74) is 1.85. The Bertz CT molecular complexity index is 1250. The van der Waals surface area contributed by atoms with Crippen molar-refractivity contribution in [2.45, 2.75) is 63.4 Å². The molecule has 4 rings (SSSR count). The monoisotopic (exact) mass is 499 g/mol. The van der Waals surface area contributed by atoms with E-state index in [1.54, 1.807) is 19.2 Å². The highest BCUT2D eigenvalue weighted by atomic mass is 32.2. The molecular weight excluding hydrogens is 466 g/mol. The molecule has 0 N–H and O–H groups in total. The Balaban J connectivity index is 1.52. The van der Waals surface area contributed by atoms with Crippen molar-refractivity contribution in [3.63, 3.8) is 0 Å². The number of ether oxygens (including phenoxy) is 2. The first-order valence-electron chi connectivity index (χ1n) is 12.0. The van der Waals surface area contributed by atoms with E-state index in [1.165, 1.54) is 4.31 Å². The second kappa shape index (κ2) is 10.4. The third-order valence-electron chi connectivity index (χ3n) is 6.14. The molecule has 0 spiro atoms. The summed E-state index contributed by atoms with van der Waals surface area (Å²) in [6, 6.07) is 12.6. The third kappa shape index (κ3) is 5.51. The smallest absolute Gasteiger partial charge is 0.243 e. The maximum atomic E-state index is 13.3. The molecule has 1 fully saturated rings. The Labute approximate surface area is 207 Å². The molecule has 1 aliphatic rings. The van der Waals surface area contributed by atoms with Gasteiger partial charge in [-0.25, -0.2) is 8.42 Å². The Kier molecular flexibility index (Phi) is 7.47. The van der Waals surface area contributed by atoms with Crippen LogP contribution in [0.15, 0.2) is 51.9 Å². The largest absolute Gasteiger partial charge is 0.493 e. The predicted octanol–water partition coefficient (Wildman–Crippen LogP) is 5.22. The molecule has 1 aromatic heterocycles. The average molecular weight is 500 g/mol. The summed E-state index contributed by atoms with van der Waals surface area (Å²) in [6.07, 6.45) is 1.52. The minimum Gasteiger partial charge on any atom is -0.493 e. The van der Waals surface area contributed by atoms with E-state index in [2.05, 4.69) is 24.0 Å². The van der Waals surface area contributed by atoms with Gasteiger partial charge in [-0.1, -0.05) is 31.1 Å². The van der Waals surface area contributed by atoms with Gasteiger partial charge in [0.25, 0.3) is 0 Å². The maximum Gasteiger partial charge on any atom is 0.243 e. The number of hydrogen-bond donors (Lipinski definition) is 0. The Morgan fingerprint density at radius 3 is 2.46 bits per heavy atom. The number of hydrogen-bond acceptors (Lipinski definition) is 7. The zero-order valence-corrected chi connectivity index (χ0v) is 21.7. The van der Waals surface area contributed by atoms with E-state index in [0.29, 0.717) is 47.1 Å². The number of sulfonamides is 1. The molecule has 3 aromatic rings. The summed E-state index contributed by atoms with van der Waals surface area (Å²) in [7, 11) is -2.02. The molecule has 0 aliphatic carbocycles. The summed E-state index contributed by atoms with van der Waals surface area (Å²) >= 11 is 0. The zero-order valence-electron chi connectivity index (χ0n) is 20.9. The van der Waals surface area contributed by atoms with Crippen LogP contribution in [0.3, 0.4) is 0 Å². The van der Waals surface area contributed by atoms with Crippen LogP contribution in [0, 0.1) is 0 Å². The van der Waals surface area contributed by atoms with E-state index in [0.717, 1.165) is 24.0 Å². The molecule has 0 amide bonds. The lowest BCUT2D eigenvalue weighted by atomic mass is 10.00. The fraction of sp³-hybridized carbons (Fsp3) is 0.462. The van der Waals surface area contributed by atoms with Crippen LogP contribution in [-0.2, 0) is 10.0 Å². The molecule has 8 nitrogen and oxygen atoms in total.